The Morgan fingerprint density at radius 3 is 2.87 bits per heavy atom. The van der Waals surface area contributed by atoms with Crippen LogP contribution in [0.3, 0.4) is 0 Å². The van der Waals surface area contributed by atoms with Gasteiger partial charge in [0.1, 0.15) is 11.9 Å². The summed E-state index contributed by atoms with van der Waals surface area (Å²) >= 11 is 0. The van der Waals surface area contributed by atoms with Gasteiger partial charge in [-0.05, 0) is 74.4 Å². The average molecular weight is 511 g/mol. The summed E-state index contributed by atoms with van der Waals surface area (Å²) in [5, 5.41) is 12.6. The number of nitrogens with zero attached hydrogens (tertiary/aromatic N) is 2. The molecule has 5 atom stereocenters. The van der Waals surface area contributed by atoms with Crippen molar-refractivity contribution in [3.8, 4) is 17.6 Å². The molecule has 198 valence electrons. The smallest absolute Gasteiger partial charge is 0.299 e. The molecule has 2 fully saturated rings. The van der Waals surface area contributed by atoms with Crippen LogP contribution in [-0.2, 0) is 16.6 Å². The summed E-state index contributed by atoms with van der Waals surface area (Å²) in [5.74, 6) is 7.06. The van der Waals surface area contributed by atoms with Crippen LogP contribution in [0.2, 0.25) is 0 Å². The number of benzene rings is 2. The maximum atomic E-state index is 13.8. The second-order valence-corrected chi connectivity index (χ2v) is 12.1. The third-order valence-corrected chi connectivity index (χ3v) is 9.36. The Hall–Kier alpha value is -3.07. The Labute approximate surface area is 226 Å². The van der Waals surface area contributed by atoms with E-state index in [9.17, 15) is 9.90 Å². The van der Waals surface area contributed by atoms with Gasteiger partial charge in [-0.2, -0.15) is 0 Å². The predicted molar refractivity (Wildman–Crippen MR) is 149 cm³/mol. The Bertz CT molecular complexity index is 1340. The summed E-state index contributed by atoms with van der Waals surface area (Å²) in [4.78, 5) is 18.1. The van der Waals surface area contributed by atoms with Crippen molar-refractivity contribution in [1.29, 1.82) is 0 Å². The van der Waals surface area contributed by atoms with Gasteiger partial charge in [0, 0.05) is 36.2 Å². The monoisotopic (exact) mass is 510 g/mol. The molecule has 2 aromatic carbocycles. The molecule has 2 aliphatic carbocycles. The van der Waals surface area contributed by atoms with Crippen LogP contribution in [0.25, 0.3) is 0 Å². The molecule has 2 bridgehead atoms. The van der Waals surface area contributed by atoms with Gasteiger partial charge in [0.25, 0.3) is 5.91 Å². The van der Waals surface area contributed by atoms with E-state index < -0.39 is 11.0 Å². The molecular formula is C33H38N2O3. The van der Waals surface area contributed by atoms with Crippen LogP contribution in [0.15, 0.2) is 55.1 Å². The number of amides is 1. The van der Waals surface area contributed by atoms with Gasteiger partial charge < -0.3 is 14.7 Å². The Kier molecular flexibility index (Phi) is 6.17. The lowest BCUT2D eigenvalue weighted by Gasteiger charge is -2.64. The van der Waals surface area contributed by atoms with Gasteiger partial charge in [-0.25, -0.2) is 0 Å². The summed E-state index contributed by atoms with van der Waals surface area (Å²) in [5.41, 5.74) is 3.00. The van der Waals surface area contributed by atoms with E-state index in [0.717, 1.165) is 42.8 Å². The summed E-state index contributed by atoms with van der Waals surface area (Å²) in [6, 6.07) is 14.1. The minimum atomic E-state index is -0.908. The molecule has 1 N–H and O–H groups in total. The fraction of sp³-hybridized carbons (Fsp3) is 0.485. The molecule has 5 heteroatoms. The van der Waals surface area contributed by atoms with E-state index in [-0.39, 0.29) is 30.0 Å². The molecule has 2 aliphatic heterocycles. The SMILES string of the molecule is C=CCN1CC[C@]23c4c5cccc4O[C@H]2[C@@H](N(CC(C)C)C(=O)C#Cc2cccc(C)c2)CC[C@@]3(O)[C@H]1C5. The Morgan fingerprint density at radius 2 is 2.11 bits per heavy atom. The first-order valence-electron chi connectivity index (χ1n) is 14.0. The van der Waals surface area contributed by atoms with Crippen molar-refractivity contribution in [2.45, 2.75) is 75.7 Å². The van der Waals surface area contributed by atoms with E-state index >= 15 is 0 Å². The third-order valence-electron chi connectivity index (χ3n) is 9.36. The molecule has 0 aromatic heterocycles. The van der Waals surface area contributed by atoms with Crippen LogP contribution in [0, 0.1) is 24.7 Å². The van der Waals surface area contributed by atoms with Crippen LogP contribution in [0.1, 0.15) is 55.4 Å². The topological polar surface area (TPSA) is 53.0 Å². The zero-order valence-electron chi connectivity index (χ0n) is 22.7. The molecule has 1 spiro atoms. The number of hydrogen-bond donors (Lipinski definition) is 1. The van der Waals surface area contributed by atoms with Crippen LogP contribution in [0.4, 0.5) is 0 Å². The van der Waals surface area contributed by atoms with Gasteiger partial charge in [0.2, 0.25) is 0 Å². The molecule has 0 radical (unpaired) electrons. The molecule has 1 saturated carbocycles. The van der Waals surface area contributed by atoms with E-state index in [1.54, 1.807) is 0 Å². The second kappa shape index (κ2) is 9.29. The highest BCUT2D eigenvalue weighted by molar-refractivity contribution is 5.94. The van der Waals surface area contributed by atoms with E-state index in [1.165, 1.54) is 11.1 Å². The lowest BCUT2D eigenvalue weighted by molar-refractivity contribution is -0.199. The zero-order chi connectivity index (χ0) is 26.7. The predicted octanol–water partition coefficient (Wildman–Crippen LogP) is 4.24. The van der Waals surface area contributed by atoms with Crippen molar-refractivity contribution < 1.29 is 14.6 Å². The van der Waals surface area contributed by atoms with Gasteiger partial charge in [-0.1, -0.05) is 50.1 Å². The van der Waals surface area contributed by atoms with Crippen molar-refractivity contribution in [2.75, 3.05) is 19.6 Å². The first-order valence-corrected chi connectivity index (χ1v) is 14.0. The van der Waals surface area contributed by atoms with E-state index in [2.05, 4.69) is 49.3 Å². The highest BCUT2D eigenvalue weighted by Crippen LogP contribution is 2.64. The number of rotatable bonds is 5. The molecular weight excluding hydrogens is 472 g/mol. The number of aliphatic hydroxyl groups is 1. The summed E-state index contributed by atoms with van der Waals surface area (Å²) in [7, 11) is 0. The van der Waals surface area contributed by atoms with Crippen LogP contribution in [0.5, 0.6) is 5.75 Å². The molecule has 0 unspecified atom stereocenters. The molecule has 2 heterocycles. The van der Waals surface area contributed by atoms with Crippen molar-refractivity contribution in [3.63, 3.8) is 0 Å². The first kappa shape index (κ1) is 25.2. The van der Waals surface area contributed by atoms with E-state index in [1.807, 2.05) is 48.2 Å². The van der Waals surface area contributed by atoms with Crippen molar-refractivity contribution in [1.82, 2.24) is 9.80 Å². The molecule has 38 heavy (non-hydrogen) atoms. The molecule has 2 aromatic rings. The quantitative estimate of drug-likeness (QED) is 0.483. The van der Waals surface area contributed by atoms with Crippen molar-refractivity contribution >= 4 is 5.91 Å². The zero-order valence-corrected chi connectivity index (χ0v) is 22.7. The van der Waals surface area contributed by atoms with Gasteiger partial charge >= 0.3 is 0 Å². The third kappa shape index (κ3) is 3.65. The van der Waals surface area contributed by atoms with E-state index in [4.69, 9.17) is 4.74 Å². The second-order valence-electron chi connectivity index (χ2n) is 12.1. The fourth-order valence-corrected chi connectivity index (χ4v) is 7.96. The van der Waals surface area contributed by atoms with Gasteiger partial charge in [0.15, 0.2) is 0 Å². The first-order chi connectivity index (χ1) is 18.3. The Balaban J connectivity index is 1.41. The highest BCUT2D eigenvalue weighted by atomic mass is 16.5. The number of carbonyl (C=O) groups excluding carboxylic acids is 1. The maximum absolute atomic E-state index is 13.8. The largest absolute Gasteiger partial charge is 0.487 e. The number of likely N-dealkylation sites (tertiary alicyclic amines) is 1. The summed E-state index contributed by atoms with van der Waals surface area (Å²) in [6.07, 6.45) is 4.59. The molecule has 4 aliphatic rings. The van der Waals surface area contributed by atoms with Gasteiger partial charge in [0.05, 0.1) is 17.1 Å². The molecule has 6 rings (SSSR count). The number of ether oxygens (including phenoxy) is 1. The standard InChI is InChI=1S/C33H38N2O3/c1-5-17-34-18-16-32-30-25-10-7-11-27(30)38-31(32)26(14-15-33(32,37)28(34)20-25)35(21-22(2)3)29(36)13-12-24-9-6-8-23(4)19-24/h5-11,19,22,26,28,31,37H,1,14-18,20-21H2,2-4H3/t26-,28+,31-,32-,33+/m0/s1. The minimum absolute atomic E-state index is 0.0116. The van der Waals surface area contributed by atoms with E-state index in [0.29, 0.717) is 19.4 Å². The summed E-state index contributed by atoms with van der Waals surface area (Å²) in [6.45, 7) is 12.5. The lowest BCUT2D eigenvalue weighted by Crippen LogP contribution is -2.78. The maximum Gasteiger partial charge on any atom is 0.299 e. The van der Waals surface area contributed by atoms with Crippen molar-refractivity contribution in [3.05, 3.63) is 77.4 Å². The number of piperidine rings is 1. The normalized spacial score (nSPS) is 30.6. The molecule has 5 nitrogen and oxygen atoms in total. The molecule has 1 amide bonds. The molecule has 1 saturated heterocycles. The number of aryl methyl sites for hydroxylation is 1. The minimum Gasteiger partial charge on any atom is -0.487 e. The van der Waals surface area contributed by atoms with Crippen LogP contribution in [-0.4, -0.2) is 64.2 Å². The van der Waals surface area contributed by atoms with Crippen molar-refractivity contribution in [2.24, 2.45) is 5.92 Å². The van der Waals surface area contributed by atoms with Crippen LogP contribution >= 0.6 is 0 Å². The fourth-order valence-electron chi connectivity index (χ4n) is 7.96. The lowest BCUT2D eigenvalue weighted by atomic mass is 9.48. The highest BCUT2D eigenvalue weighted by Gasteiger charge is 2.73. The van der Waals surface area contributed by atoms with Gasteiger partial charge in [-0.3, -0.25) is 9.69 Å². The van der Waals surface area contributed by atoms with Gasteiger partial charge in [-0.15, -0.1) is 6.58 Å². The summed E-state index contributed by atoms with van der Waals surface area (Å²) < 4.78 is 6.80. The van der Waals surface area contributed by atoms with Crippen LogP contribution < -0.4 is 4.74 Å². The average Bonchev–Trinajstić information content (AvgIpc) is 3.23. The Morgan fingerprint density at radius 1 is 1.29 bits per heavy atom. The number of hydrogen-bond acceptors (Lipinski definition) is 4. The number of carbonyl (C=O) groups is 1.